The first-order valence-electron chi connectivity index (χ1n) is 12.3. The highest BCUT2D eigenvalue weighted by Crippen LogP contribution is 2.78. The second kappa shape index (κ2) is 6.35. The van der Waals surface area contributed by atoms with Gasteiger partial charge in [-0.15, -0.1) is 0 Å². The summed E-state index contributed by atoms with van der Waals surface area (Å²) in [5.41, 5.74) is 3.00. The SMILES string of the molecule is COC12CCC3(C[C@]1(C)COCc1ccoc1)[C@H]1Cc4ccc(O)c5c4[C@@]3(CCN1C)[C@H]2O5. The van der Waals surface area contributed by atoms with Crippen molar-refractivity contribution in [1.29, 1.82) is 0 Å². The fourth-order valence-corrected chi connectivity index (χ4v) is 9.19. The average molecular weight is 452 g/mol. The Labute approximate surface area is 194 Å². The fraction of sp³-hybridized carbons (Fsp3) is 0.630. The van der Waals surface area contributed by atoms with Crippen molar-refractivity contribution in [3.05, 3.63) is 47.4 Å². The predicted octanol–water partition coefficient (Wildman–Crippen LogP) is 4.04. The molecule has 6 nitrogen and oxygen atoms in total. The van der Waals surface area contributed by atoms with Crippen LogP contribution in [0.2, 0.25) is 0 Å². The molecule has 3 saturated carbocycles. The van der Waals surface area contributed by atoms with Crippen LogP contribution in [0.25, 0.3) is 0 Å². The molecule has 4 bridgehead atoms. The minimum Gasteiger partial charge on any atom is -0.504 e. The second-order valence-corrected chi connectivity index (χ2v) is 11.5. The third-order valence-electron chi connectivity index (χ3n) is 10.4. The molecule has 8 rings (SSSR count). The molecule has 4 fully saturated rings. The molecule has 2 spiro atoms. The molecule has 1 N–H and O–H groups in total. The molecule has 6 aliphatic rings. The molecule has 1 saturated heterocycles. The number of hydrogen-bond acceptors (Lipinski definition) is 6. The van der Waals surface area contributed by atoms with E-state index in [1.807, 2.05) is 19.2 Å². The number of hydrogen-bond donors (Lipinski definition) is 1. The summed E-state index contributed by atoms with van der Waals surface area (Å²) in [6.45, 7) is 4.53. The number of piperidine rings is 1. The highest BCUT2D eigenvalue weighted by atomic mass is 16.6. The second-order valence-electron chi connectivity index (χ2n) is 11.5. The van der Waals surface area contributed by atoms with Gasteiger partial charge in [0.2, 0.25) is 0 Å². The smallest absolute Gasteiger partial charge is 0.165 e. The lowest BCUT2D eigenvalue weighted by Gasteiger charge is -2.76. The van der Waals surface area contributed by atoms with Crippen molar-refractivity contribution in [2.24, 2.45) is 10.8 Å². The number of benzene rings is 1. The molecular formula is C27H33NO5. The van der Waals surface area contributed by atoms with Crippen LogP contribution in [-0.4, -0.2) is 55.1 Å². The van der Waals surface area contributed by atoms with Gasteiger partial charge in [-0.1, -0.05) is 13.0 Å². The van der Waals surface area contributed by atoms with Crippen molar-refractivity contribution >= 4 is 0 Å². The van der Waals surface area contributed by atoms with Crippen molar-refractivity contribution in [3.8, 4) is 11.5 Å². The first kappa shape index (κ1) is 20.4. The Balaban J connectivity index is 1.38. The summed E-state index contributed by atoms with van der Waals surface area (Å²) in [4.78, 5) is 2.59. The van der Waals surface area contributed by atoms with Crippen LogP contribution in [0.5, 0.6) is 11.5 Å². The van der Waals surface area contributed by atoms with Gasteiger partial charge >= 0.3 is 0 Å². The van der Waals surface area contributed by atoms with E-state index in [0.717, 1.165) is 50.0 Å². The molecule has 2 aromatic rings. The maximum absolute atomic E-state index is 10.9. The van der Waals surface area contributed by atoms with Gasteiger partial charge in [-0.05, 0) is 63.4 Å². The summed E-state index contributed by atoms with van der Waals surface area (Å²) in [5, 5.41) is 10.9. The molecule has 6 heteroatoms. The molecule has 4 aliphatic carbocycles. The Kier molecular flexibility index (Phi) is 3.92. The minimum absolute atomic E-state index is 0.0880. The third kappa shape index (κ3) is 2.13. The van der Waals surface area contributed by atoms with Gasteiger partial charge in [-0.25, -0.2) is 0 Å². The zero-order valence-electron chi connectivity index (χ0n) is 19.7. The van der Waals surface area contributed by atoms with Crippen LogP contribution >= 0.6 is 0 Å². The quantitative estimate of drug-likeness (QED) is 0.740. The topological polar surface area (TPSA) is 64.3 Å². The number of nitrogens with zero attached hydrogens (tertiary/aromatic N) is 1. The molecule has 0 amide bonds. The summed E-state index contributed by atoms with van der Waals surface area (Å²) < 4.78 is 25.0. The largest absolute Gasteiger partial charge is 0.504 e. The summed E-state index contributed by atoms with van der Waals surface area (Å²) in [6, 6.07) is 6.38. The number of phenolic OH excluding ortho intramolecular Hbond substituents is 1. The number of fused-ring (bicyclic) bond motifs is 2. The maximum Gasteiger partial charge on any atom is 0.165 e. The number of likely N-dealkylation sites (N-methyl/N-ethyl adjacent to an activating group) is 1. The van der Waals surface area contributed by atoms with Crippen LogP contribution in [0.3, 0.4) is 0 Å². The van der Waals surface area contributed by atoms with Crippen molar-refractivity contribution < 1.29 is 23.7 Å². The summed E-state index contributed by atoms with van der Waals surface area (Å²) >= 11 is 0. The van der Waals surface area contributed by atoms with Gasteiger partial charge in [-0.3, -0.25) is 0 Å². The highest BCUT2D eigenvalue weighted by molar-refractivity contribution is 5.63. The summed E-state index contributed by atoms with van der Waals surface area (Å²) in [7, 11) is 4.15. The summed E-state index contributed by atoms with van der Waals surface area (Å²) in [6.07, 6.45) is 8.51. The van der Waals surface area contributed by atoms with Crippen molar-refractivity contribution in [2.45, 2.75) is 68.8 Å². The van der Waals surface area contributed by atoms with Crippen molar-refractivity contribution in [1.82, 2.24) is 4.90 Å². The lowest BCUT2D eigenvalue weighted by molar-refractivity contribution is -0.313. The number of likely N-dealkylation sites (tertiary alicyclic amines) is 1. The Morgan fingerprint density at radius 3 is 2.88 bits per heavy atom. The molecule has 0 radical (unpaired) electrons. The molecule has 6 atom stereocenters. The molecule has 33 heavy (non-hydrogen) atoms. The Bertz CT molecular complexity index is 1120. The number of rotatable bonds is 5. The van der Waals surface area contributed by atoms with E-state index >= 15 is 0 Å². The normalized spacial score (nSPS) is 42.3. The van der Waals surface area contributed by atoms with Crippen LogP contribution < -0.4 is 4.74 Å². The number of furan rings is 1. The number of ether oxygens (including phenoxy) is 3. The van der Waals surface area contributed by atoms with Gasteiger partial charge in [0.15, 0.2) is 11.5 Å². The first-order valence-corrected chi connectivity index (χ1v) is 12.3. The van der Waals surface area contributed by atoms with Crippen molar-refractivity contribution in [3.63, 3.8) is 0 Å². The highest BCUT2D eigenvalue weighted by Gasteiger charge is 2.82. The monoisotopic (exact) mass is 451 g/mol. The van der Waals surface area contributed by atoms with E-state index in [1.165, 1.54) is 11.1 Å². The van der Waals surface area contributed by atoms with Gasteiger partial charge in [0.25, 0.3) is 0 Å². The lowest BCUT2D eigenvalue weighted by atomic mass is 9.32. The minimum atomic E-state index is -0.467. The van der Waals surface area contributed by atoms with Crippen molar-refractivity contribution in [2.75, 3.05) is 27.3 Å². The fourth-order valence-electron chi connectivity index (χ4n) is 9.19. The van der Waals surface area contributed by atoms with Crippen LogP contribution in [0.1, 0.15) is 49.3 Å². The zero-order valence-corrected chi connectivity index (χ0v) is 19.7. The lowest BCUT2D eigenvalue weighted by Crippen LogP contribution is -2.83. The molecular weight excluding hydrogens is 418 g/mol. The van der Waals surface area contributed by atoms with E-state index in [2.05, 4.69) is 24.9 Å². The van der Waals surface area contributed by atoms with Crippen LogP contribution in [0.15, 0.2) is 35.1 Å². The molecule has 2 aliphatic heterocycles. The standard InChI is InChI=1S/C27H33NO5/c1-24(16-32-14-17-6-11-31-13-17)15-25-7-8-27(24,30-3)23-26(25)9-10-28(2)20(25)12-18-4-5-19(29)22(33-23)21(18)26/h4-6,11,13,20,23,29H,7-10,12,14-16H2,1-3H3/t20-,23-,24-,25?,26+,27?/m1/s1. The van der Waals surface area contributed by atoms with Crippen LogP contribution in [-0.2, 0) is 27.9 Å². The van der Waals surface area contributed by atoms with E-state index in [4.69, 9.17) is 18.6 Å². The average Bonchev–Trinajstić information content (AvgIpc) is 3.44. The third-order valence-corrected chi connectivity index (χ3v) is 10.4. The van der Waals surface area contributed by atoms with Gasteiger partial charge in [0.05, 0.1) is 25.7 Å². The van der Waals surface area contributed by atoms with Crippen LogP contribution in [0, 0.1) is 10.8 Å². The van der Waals surface area contributed by atoms with E-state index in [-0.39, 0.29) is 28.1 Å². The van der Waals surface area contributed by atoms with E-state index < -0.39 is 5.60 Å². The molecule has 1 aromatic heterocycles. The molecule has 1 aromatic carbocycles. The number of aromatic hydroxyl groups is 1. The zero-order chi connectivity index (χ0) is 22.6. The Hall–Kier alpha value is -2.02. The predicted molar refractivity (Wildman–Crippen MR) is 121 cm³/mol. The van der Waals surface area contributed by atoms with E-state index in [9.17, 15) is 5.11 Å². The number of phenols is 1. The van der Waals surface area contributed by atoms with Gasteiger partial charge < -0.3 is 28.6 Å². The van der Waals surface area contributed by atoms with Crippen LogP contribution in [0.4, 0.5) is 0 Å². The van der Waals surface area contributed by atoms with E-state index in [0.29, 0.717) is 19.3 Å². The van der Waals surface area contributed by atoms with Gasteiger partial charge in [-0.2, -0.15) is 0 Å². The maximum atomic E-state index is 10.9. The van der Waals surface area contributed by atoms with Gasteiger partial charge in [0.1, 0.15) is 11.7 Å². The molecule has 2 unspecified atom stereocenters. The Morgan fingerprint density at radius 1 is 1.21 bits per heavy atom. The summed E-state index contributed by atoms with van der Waals surface area (Å²) in [5.74, 6) is 0.991. The molecule has 3 heterocycles. The Morgan fingerprint density at radius 2 is 2.09 bits per heavy atom. The van der Waals surface area contributed by atoms with E-state index in [1.54, 1.807) is 12.5 Å². The van der Waals surface area contributed by atoms with Gasteiger partial charge in [0, 0.05) is 40.5 Å². The number of methoxy groups -OCH3 is 1. The molecule has 176 valence electrons. The first-order chi connectivity index (χ1) is 15.9.